The predicted molar refractivity (Wildman–Crippen MR) is 190 cm³/mol. The number of hydrazine groups is 1. The molecule has 3 aliphatic rings. The van der Waals surface area contributed by atoms with Gasteiger partial charge in [-0.15, -0.1) is 0 Å². The first-order chi connectivity index (χ1) is 25.8. The van der Waals surface area contributed by atoms with Crippen molar-refractivity contribution in [3.05, 3.63) is 144 Å². The fraction of sp³-hybridized carbons (Fsp3) is 0.216. The van der Waals surface area contributed by atoms with E-state index in [1.54, 1.807) is 48.5 Å². The lowest BCUT2D eigenvalue weighted by molar-refractivity contribution is -0.139. The SMILES string of the molecule is COc1ccc(O)c(C2C3=CCn4c(=O)n(-c5ccccc5)c(=O)n4C3CC3C(=O)N(Nc4ncc(C(F)(F)F)cc4Cl)C(=O)C32c2ccc(Cl)cc2)c1. The van der Waals surface area contributed by atoms with Crippen LogP contribution in [0.5, 0.6) is 11.5 Å². The minimum absolute atomic E-state index is 0.0997. The predicted octanol–water partition coefficient (Wildman–Crippen LogP) is 5.85. The van der Waals surface area contributed by atoms with Gasteiger partial charge in [0.2, 0.25) is 0 Å². The van der Waals surface area contributed by atoms with E-state index in [1.165, 1.54) is 46.8 Å². The summed E-state index contributed by atoms with van der Waals surface area (Å²) in [6.45, 7) is -0.0997. The van der Waals surface area contributed by atoms with Gasteiger partial charge >= 0.3 is 17.6 Å². The van der Waals surface area contributed by atoms with E-state index in [1.807, 2.05) is 0 Å². The summed E-state index contributed by atoms with van der Waals surface area (Å²) < 4.78 is 49.4. The lowest BCUT2D eigenvalue weighted by Crippen LogP contribution is -2.53. The summed E-state index contributed by atoms with van der Waals surface area (Å²) in [5, 5.41) is 12.0. The molecule has 2 amide bonds. The first kappa shape index (κ1) is 35.2. The van der Waals surface area contributed by atoms with Crippen LogP contribution in [0, 0.1) is 5.92 Å². The van der Waals surface area contributed by atoms with Crippen molar-refractivity contribution in [2.75, 3.05) is 12.5 Å². The molecule has 8 rings (SSSR count). The van der Waals surface area contributed by atoms with Crippen molar-refractivity contribution in [2.45, 2.75) is 36.5 Å². The molecular formula is C37H27Cl2F3N6O6. The number of benzene rings is 3. The highest BCUT2D eigenvalue weighted by atomic mass is 35.5. The van der Waals surface area contributed by atoms with Crippen molar-refractivity contribution < 1.29 is 32.6 Å². The standard InChI is InChI=1S/C37H27Cl2F3N6O6/c1-54-23-11-12-29(49)25(16-23)30-24-13-14-45-34(52)46(22-5-3-2-4-6-22)35(53)48(45)28(24)17-26-32(50)47(33(51)36(26,30)19-7-9-21(38)10-8-19)44-31-27(39)15-20(18-43-31)37(40,41)42/h2-13,15-16,18,26,28,30,49H,14,17H2,1H3,(H,43,44). The number of phenols is 1. The third-order valence-corrected chi connectivity index (χ3v) is 10.9. The Bertz CT molecular complexity index is 2520. The van der Waals surface area contributed by atoms with Gasteiger partial charge in [0.05, 0.1) is 47.3 Å². The Kier molecular flexibility index (Phi) is 8.26. The minimum atomic E-state index is -4.77. The summed E-state index contributed by atoms with van der Waals surface area (Å²) >= 11 is 12.5. The highest BCUT2D eigenvalue weighted by Crippen LogP contribution is 2.63. The first-order valence-corrected chi connectivity index (χ1v) is 17.2. The van der Waals surface area contributed by atoms with Crippen LogP contribution in [-0.2, 0) is 27.7 Å². The lowest BCUT2D eigenvalue weighted by atomic mass is 9.53. The molecule has 276 valence electrons. The summed E-state index contributed by atoms with van der Waals surface area (Å²) in [6, 6.07) is 18.6. The topological polar surface area (TPSA) is 141 Å². The smallest absolute Gasteiger partial charge is 0.417 e. The molecule has 4 atom stereocenters. The number of halogens is 5. The zero-order valence-corrected chi connectivity index (χ0v) is 29.4. The molecule has 3 aromatic carbocycles. The number of allylic oxidation sites excluding steroid dienone is 2. The second kappa shape index (κ2) is 12.7. The number of amides is 2. The number of carbonyl (C=O) groups is 2. The number of alkyl halides is 3. The van der Waals surface area contributed by atoms with Crippen molar-refractivity contribution in [3.8, 4) is 17.2 Å². The van der Waals surface area contributed by atoms with Gasteiger partial charge in [0, 0.05) is 22.7 Å². The van der Waals surface area contributed by atoms with Crippen LogP contribution >= 0.6 is 23.2 Å². The van der Waals surface area contributed by atoms with Crippen LogP contribution < -0.4 is 21.5 Å². The van der Waals surface area contributed by atoms with Crippen molar-refractivity contribution in [3.63, 3.8) is 0 Å². The number of nitrogens with zero attached hydrogens (tertiary/aromatic N) is 5. The molecule has 12 nitrogen and oxygen atoms in total. The largest absolute Gasteiger partial charge is 0.508 e. The molecule has 2 fully saturated rings. The van der Waals surface area contributed by atoms with Crippen molar-refractivity contribution in [2.24, 2.45) is 5.92 Å². The van der Waals surface area contributed by atoms with Gasteiger partial charge in [-0.2, -0.15) is 18.2 Å². The van der Waals surface area contributed by atoms with Gasteiger partial charge < -0.3 is 9.84 Å². The van der Waals surface area contributed by atoms with E-state index in [9.17, 15) is 32.7 Å². The fourth-order valence-corrected chi connectivity index (χ4v) is 8.41. The van der Waals surface area contributed by atoms with Crippen LogP contribution in [0.4, 0.5) is 19.0 Å². The average Bonchev–Trinajstić information content (AvgIpc) is 3.53. The van der Waals surface area contributed by atoms with Crippen LogP contribution in [0.3, 0.4) is 0 Å². The Labute approximate surface area is 313 Å². The molecule has 4 heterocycles. The Morgan fingerprint density at radius 3 is 2.35 bits per heavy atom. The number of imide groups is 1. The van der Waals surface area contributed by atoms with E-state index >= 15 is 4.79 Å². The zero-order chi connectivity index (χ0) is 38.3. The quantitative estimate of drug-likeness (QED) is 0.162. The Morgan fingerprint density at radius 1 is 0.963 bits per heavy atom. The number of fused-ring (bicyclic) bond motifs is 4. The maximum atomic E-state index is 15.3. The molecule has 2 aliphatic heterocycles. The van der Waals surface area contributed by atoms with Crippen LogP contribution in [0.1, 0.15) is 35.1 Å². The summed E-state index contributed by atoms with van der Waals surface area (Å²) in [4.78, 5) is 61.9. The van der Waals surface area contributed by atoms with Crippen molar-refractivity contribution in [1.29, 1.82) is 0 Å². The molecule has 0 bridgehead atoms. The molecule has 17 heteroatoms. The van der Waals surface area contributed by atoms with E-state index in [-0.39, 0.29) is 24.3 Å². The third-order valence-electron chi connectivity index (χ3n) is 10.4. The second-order valence-corrected chi connectivity index (χ2v) is 13.9. The monoisotopic (exact) mass is 778 g/mol. The molecule has 5 aromatic rings. The molecule has 2 N–H and O–H groups in total. The third kappa shape index (κ3) is 5.16. The second-order valence-electron chi connectivity index (χ2n) is 13.0. The zero-order valence-electron chi connectivity index (χ0n) is 27.9. The lowest BCUT2D eigenvalue weighted by Gasteiger charge is -2.49. The number of nitrogens with one attached hydrogen (secondary N) is 1. The van der Waals surface area contributed by atoms with Gasteiger partial charge in [0.15, 0.2) is 5.82 Å². The fourth-order valence-electron chi connectivity index (χ4n) is 8.08. The van der Waals surface area contributed by atoms with Crippen molar-refractivity contribution >= 4 is 40.8 Å². The van der Waals surface area contributed by atoms with E-state index in [2.05, 4.69) is 10.4 Å². The molecule has 54 heavy (non-hydrogen) atoms. The van der Waals surface area contributed by atoms with Gasteiger partial charge in [-0.25, -0.2) is 28.5 Å². The maximum absolute atomic E-state index is 15.3. The number of hydrogen-bond donors (Lipinski definition) is 2. The van der Waals surface area contributed by atoms with Gasteiger partial charge in [-0.3, -0.25) is 15.0 Å². The van der Waals surface area contributed by atoms with Crippen LogP contribution in [-0.4, -0.2) is 48.0 Å². The number of para-hydroxylation sites is 1. The number of carbonyl (C=O) groups excluding carboxylic acids is 2. The first-order valence-electron chi connectivity index (χ1n) is 16.5. The van der Waals surface area contributed by atoms with Gasteiger partial charge in [-0.05, 0) is 66.1 Å². The van der Waals surface area contributed by atoms with E-state index in [0.29, 0.717) is 44.9 Å². The van der Waals surface area contributed by atoms with E-state index < -0.39 is 69.1 Å². The number of phenolic OH excluding ortho intramolecular Hbond substituents is 1. The Hall–Kier alpha value is -5.80. The molecule has 0 radical (unpaired) electrons. The van der Waals surface area contributed by atoms with Gasteiger partial charge in [-0.1, -0.05) is 59.6 Å². The van der Waals surface area contributed by atoms with Gasteiger partial charge in [0.25, 0.3) is 11.8 Å². The van der Waals surface area contributed by atoms with Crippen molar-refractivity contribution in [1.82, 2.24) is 23.9 Å². The van der Waals surface area contributed by atoms with Crippen LogP contribution in [0.25, 0.3) is 5.69 Å². The molecular weight excluding hydrogens is 752 g/mol. The summed E-state index contributed by atoms with van der Waals surface area (Å²) in [7, 11) is 1.42. The maximum Gasteiger partial charge on any atom is 0.417 e. The van der Waals surface area contributed by atoms with E-state index in [0.717, 1.165) is 4.57 Å². The molecule has 1 aliphatic carbocycles. The number of aromatic nitrogens is 4. The number of anilines is 1. The highest BCUT2D eigenvalue weighted by Gasteiger charge is 2.69. The highest BCUT2D eigenvalue weighted by molar-refractivity contribution is 6.33. The molecule has 4 unspecified atom stereocenters. The summed E-state index contributed by atoms with van der Waals surface area (Å²) in [6.07, 6.45) is -2.73. The number of pyridine rings is 1. The normalized spacial score (nSPS) is 22.0. The number of ether oxygens (including phenoxy) is 1. The van der Waals surface area contributed by atoms with Gasteiger partial charge in [0.1, 0.15) is 11.5 Å². The Morgan fingerprint density at radius 2 is 1.69 bits per heavy atom. The molecule has 2 aromatic heterocycles. The minimum Gasteiger partial charge on any atom is -0.508 e. The summed E-state index contributed by atoms with van der Waals surface area (Å²) in [5.74, 6) is -4.52. The number of rotatable bonds is 6. The van der Waals surface area contributed by atoms with E-state index in [4.69, 9.17) is 27.9 Å². The van der Waals surface area contributed by atoms with Crippen LogP contribution in [0.15, 0.2) is 106 Å². The molecule has 0 spiro atoms. The molecule has 1 saturated carbocycles. The average molecular weight is 780 g/mol. The Balaban J connectivity index is 1.37. The molecule has 1 saturated heterocycles. The van der Waals surface area contributed by atoms with Crippen LogP contribution in [0.2, 0.25) is 10.0 Å². The number of hydrogen-bond acceptors (Lipinski definition) is 8. The number of aromatic hydroxyl groups is 1. The number of methoxy groups -OCH3 is 1. The summed E-state index contributed by atoms with van der Waals surface area (Å²) in [5.41, 5.74) is -0.510.